The summed E-state index contributed by atoms with van der Waals surface area (Å²) < 4.78 is 19.1. The number of ether oxygens (including phenoxy) is 1. The third-order valence-corrected chi connectivity index (χ3v) is 9.34. The Morgan fingerprint density at radius 1 is 1.13 bits per heavy atom. The van der Waals surface area contributed by atoms with Crippen LogP contribution in [-0.4, -0.2) is 79.6 Å². The zero-order valence-corrected chi connectivity index (χ0v) is 23.5. The summed E-state index contributed by atoms with van der Waals surface area (Å²) in [6, 6.07) is 12.7. The Bertz CT molecular complexity index is 1410. The minimum Gasteiger partial charge on any atom is -0.489 e. The largest absolute Gasteiger partial charge is 0.489 e. The van der Waals surface area contributed by atoms with Crippen LogP contribution in [-0.2, 0) is 4.57 Å². The first-order valence-corrected chi connectivity index (χ1v) is 15.9. The topological polar surface area (TPSA) is 94.6 Å². The van der Waals surface area contributed by atoms with Crippen molar-refractivity contribution in [2.75, 3.05) is 68.2 Å². The molecule has 2 saturated heterocycles. The highest BCUT2D eigenvalue weighted by Gasteiger charge is 2.37. The van der Waals surface area contributed by atoms with Crippen molar-refractivity contribution in [3.05, 3.63) is 53.2 Å². The fourth-order valence-corrected chi connectivity index (χ4v) is 6.78. The van der Waals surface area contributed by atoms with Crippen LogP contribution in [0.5, 0.6) is 5.75 Å². The second-order valence-corrected chi connectivity index (χ2v) is 14.2. The molecule has 2 fully saturated rings. The molecule has 200 valence electrons. The van der Waals surface area contributed by atoms with E-state index in [1.807, 2.05) is 30.3 Å². The number of benzene rings is 2. The van der Waals surface area contributed by atoms with E-state index in [0.29, 0.717) is 41.2 Å². The summed E-state index contributed by atoms with van der Waals surface area (Å²) >= 11 is 6.43. The van der Waals surface area contributed by atoms with E-state index in [-0.39, 0.29) is 0 Å². The zero-order chi connectivity index (χ0) is 26.4. The van der Waals surface area contributed by atoms with Gasteiger partial charge in [-0.1, -0.05) is 23.7 Å². The van der Waals surface area contributed by atoms with Crippen LogP contribution in [0.25, 0.3) is 0 Å². The molecular formula is C27H33ClN7O2P. The average Bonchev–Trinajstić information content (AvgIpc) is 2.84. The van der Waals surface area contributed by atoms with Crippen LogP contribution < -0.4 is 30.9 Å². The summed E-state index contributed by atoms with van der Waals surface area (Å²) in [6.45, 7) is 11.6. The quantitative estimate of drug-likeness (QED) is 0.391. The van der Waals surface area contributed by atoms with Crippen LogP contribution in [0.3, 0.4) is 0 Å². The third kappa shape index (κ3) is 4.96. The van der Waals surface area contributed by atoms with Crippen molar-refractivity contribution in [2.24, 2.45) is 0 Å². The van der Waals surface area contributed by atoms with Gasteiger partial charge in [0.05, 0.1) is 23.6 Å². The van der Waals surface area contributed by atoms with E-state index < -0.39 is 7.14 Å². The molecule has 9 nitrogen and oxygen atoms in total. The number of hydrogen-bond donors (Lipinski definition) is 3. The van der Waals surface area contributed by atoms with Crippen molar-refractivity contribution < 1.29 is 9.30 Å². The summed E-state index contributed by atoms with van der Waals surface area (Å²) in [4.78, 5) is 14.1. The van der Waals surface area contributed by atoms with Gasteiger partial charge in [-0.05, 0) is 44.0 Å². The van der Waals surface area contributed by atoms with Gasteiger partial charge in [-0.25, -0.2) is 4.98 Å². The fourth-order valence-electron chi connectivity index (χ4n) is 5.48. The second-order valence-electron chi connectivity index (χ2n) is 10.6. The number of nitrogens with one attached hydrogen (secondary N) is 3. The number of aromatic nitrogens is 2. The molecule has 0 saturated carbocycles. The molecule has 0 radical (unpaired) electrons. The Morgan fingerprint density at radius 2 is 1.95 bits per heavy atom. The number of nitrogens with zero attached hydrogens (tertiary/aromatic N) is 4. The lowest BCUT2D eigenvalue weighted by atomic mass is 10.0. The zero-order valence-electron chi connectivity index (χ0n) is 21.9. The van der Waals surface area contributed by atoms with Gasteiger partial charge in [0, 0.05) is 55.8 Å². The van der Waals surface area contributed by atoms with Gasteiger partial charge in [0.25, 0.3) is 0 Å². The van der Waals surface area contributed by atoms with Crippen LogP contribution in [0.2, 0.25) is 5.02 Å². The summed E-state index contributed by atoms with van der Waals surface area (Å²) in [5.41, 5.74) is 3.89. The van der Waals surface area contributed by atoms with Gasteiger partial charge in [-0.2, -0.15) is 4.98 Å². The lowest BCUT2D eigenvalue weighted by molar-refractivity contribution is 0.0990. The number of halogens is 1. The first-order valence-electron chi connectivity index (χ1n) is 13.0. The molecule has 3 aliphatic heterocycles. The molecule has 11 heteroatoms. The van der Waals surface area contributed by atoms with Crippen molar-refractivity contribution in [2.45, 2.75) is 19.0 Å². The standard InChI is InChI=1S/C27H33ClN7O2P/c1-17-10-18(11-23-25(17)35-9-8-34(19-12-29-13-19)15-20(35)16-37-23)31-27-30-14-21(28)26(33-27)32-22-6-4-5-7-24(22)38(2,3)36/h4-7,10-11,14,19-20,29H,8-9,12-13,15-16H2,1-3H3,(H2,30,31,32,33)/t20-/m1/s1. The van der Waals surface area contributed by atoms with Crippen LogP contribution in [0.15, 0.2) is 42.6 Å². The van der Waals surface area contributed by atoms with Crippen molar-refractivity contribution in [3.8, 4) is 5.75 Å². The molecule has 2 aromatic carbocycles. The summed E-state index contributed by atoms with van der Waals surface area (Å²) in [5, 5.41) is 11.1. The van der Waals surface area contributed by atoms with Crippen molar-refractivity contribution in [1.29, 1.82) is 0 Å². The molecule has 6 rings (SSSR count). The van der Waals surface area contributed by atoms with Gasteiger partial charge in [-0.3, -0.25) is 4.90 Å². The van der Waals surface area contributed by atoms with E-state index in [9.17, 15) is 4.57 Å². The minimum atomic E-state index is -2.50. The van der Waals surface area contributed by atoms with E-state index in [1.54, 1.807) is 19.5 Å². The van der Waals surface area contributed by atoms with Gasteiger partial charge in [0.2, 0.25) is 5.95 Å². The molecule has 3 aromatic rings. The fraction of sp³-hybridized carbons (Fsp3) is 0.407. The first kappa shape index (κ1) is 25.4. The number of anilines is 5. The van der Waals surface area contributed by atoms with Crippen LogP contribution >= 0.6 is 18.7 Å². The van der Waals surface area contributed by atoms with Gasteiger partial charge in [0.15, 0.2) is 5.82 Å². The SMILES string of the molecule is Cc1cc(Nc2ncc(Cl)c(Nc3ccccc3P(C)(C)=O)n2)cc2c1N1CCN(C3CNC3)C[C@@H]1CO2. The Morgan fingerprint density at radius 3 is 2.71 bits per heavy atom. The monoisotopic (exact) mass is 553 g/mol. The third-order valence-electron chi connectivity index (χ3n) is 7.51. The summed E-state index contributed by atoms with van der Waals surface area (Å²) in [5.74, 6) is 1.73. The highest BCUT2D eigenvalue weighted by atomic mass is 35.5. The van der Waals surface area contributed by atoms with Crippen molar-refractivity contribution in [3.63, 3.8) is 0 Å². The maximum absolute atomic E-state index is 12.8. The van der Waals surface area contributed by atoms with Gasteiger partial charge >= 0.3 is 0 Å². The second kappa shape index (κ2) is 10.0. The predicted molar refractivity (Wildman–Crippen MR) is 155 cm³/mol. The summed E-state index contributed by atoms with van der Waals surface area (Å²) in [7, 11) is -2.50. The molecule has 0 unspecified atom stereocenters. The smallest absolute Gasteiger partial charge is 0.229 e. The highest BCUT2D eigenvalue weighted by molar-refractivity contribution is 7.70. The minimum absolute atomic E-state index is 0.368. The number of rotatable bonds is 6. The molecule has 0 amide bonds. The van der Waals surface area contributed by atoms with Gasteiger partial charge in [0.1, 0.15) is 24.5 Å². The van der Waals surface area contributed by atoms with Gasteiger partial charge < -0.3 is 30.2 Å². The highest BCUT2D eigenvalue weighted by Crippen LogP contribution is 2.41. The molecule has 38 heavy (non-hydrogen) atoms. The predicted octanol–water partition coefficient (Wildman–Crippen LogP) is 4.03. The molecule has 1 aromatic heterocycles. The number of piperazine rings is 1. The molecule has 3 aliphatic rings. The summed E-state index contributed by atoms with van der Waals surface area (Å²) in [6.07, 6.45) is 1.56. The lowest BCUT2D eigenvalue weighted by Gasteiger charge is -2.50. The van der Waals surface area contributed by atoms with Crippen molar-refractivity contribution >= 4 is 52.9 Å². The van der Waals surface area contributed by atoms with Crippen molar-refractivity contribution in [1.82, 2.24) is 20.2 Å². The normalized spacial score (nSPS) is 19.7. The lowest BCUT2D eigenvalue weighted by Crippen LogP contribution is -2.65. The van der Waals surface area contributed by atoms with E-state index >= 15 is 0 Å². The molecule has 4 heterocycles. The van der Waals surface area contributed by atoms with Crippen LogP contribution in [0.4, 0.5) is 28.8 Å². The molecule has 0 bridgehead atoms. The number of aryl methyl sites for hydroxylation is 1. The maximum Gasteiger partial charge on any atom is 0.229 e. The van der Waals surface area contributed by atoms with E-state index in [0.717, 1.165) is 55.0 Å². The Hall–Kier alpha value is -2.84. The van der Waals surface area contributed by atoms with Crippen LogP contribution in [0.1, 0.15) is 5.56 Å². The number of fused-ring (bicyclic) bond motifs is 3. The Labute approximate surface area is 228 Å². The van der Waals surface area contributed by atoms with E-state index in [4.69, 9.17) is 16.3 Å². The van der Waals surface area contributed by atoms with E-state index in [2.05, 4.69) is 48.7 Å². The molecule has 1 atom stereocenters. The Kier molecular flexibility index (Phi) is 6.72. The maximum atomic E-state index is 12.8. The molecule has 3 N–H and O–H groups in total. The first-order chi connectivity index (χ1) is 18.3. The molecular weight excluding hydrogens is 521 g/mol. The van der Waals surface area contributed by atoms with Crippen LogP contribution in [0, 0.1) is 6.92 Å². The van der Waals surface area contributed by atoms with E-state index in [1.165, 1.54) is 5.69 Å². The van der Waals surface area contributed by atoms with Gasteiger partial charge in [-0.15, -0.1) is 0 Å². The molecule has 0 aliphatic carbocycles. The Balaban J connectivity index is 1.21. The number of para-hydroxylation sites is 1. The average molecular weight is 554 g/mol. The number of hydrogen-bond acceptors (Lipinski definition) is 9. The molecule has 0 spiro atoms.